The molecule has 19 heavy (non-hydrogen) atoms. The summed E-state index contributed by atoms with van der Waals surface area (Å²) in [4.78, 5) is 25.4. The van der Waals surface area contributed by atoms with E-state index in [1.54, 1.807) is 11.8 Å². The molecule has 0 spiro atoms. The maximum absolute atomic E-state index is 12.2. The van der Waals surface area contributed by atoms with Crippen LogP contribution < -0.4 is 5.32 Å². The summed E-state index contributed by atoms with van der Waals surface area (Å²) in [6.45, 7) is 4.83. The Kier molecular flexibility index (Phi) is 4.20. The second-order valence-electron chi connectivity index (χ2n) is 5.11. The molecule has 1 aliphatic rings. The molecule has 4 nitrogen and oxygen atoms in total. The predicted octanol–water partition coefficient (Wildman–Crippen LogP) is 2.19. The number of nitrogens with one attached hydrogen (secondary N) is 1. The van der Waals surface area contributed by atoms with E-state index in [2.05, 4.69) is 5.32 Å². The molecule has 0 aliphatic carbocycles. The Morgan fingerprint density at radius 2 is 2.05 bits per heavy atom. The van der Waals surface area contributed by atoms with Gasteiger partial charge in [0, 0.05) is 25.7 Å². The molecule has 2 amide bonds. The lowest BCUT2D eigenvalue weighted by Gasteiger charge is -2.31. The molecule has 0 radical (unpaired) electrons. The van der Waals surface area contributed by atoms with Crippen molar-refractivity contribution in [2.24, 2.45) is 5.92 Å². The molecule has 4 heteroatoms. The Labute approximate surface area is 113 Å². The van der Waals surface area contributed by atoms with Crippen LogP contribution in [0.3, 0.4) is 0 Å². The van der Waals surface area contributed by atoms with Crippen LogP contribution >= 0.6 is 0 Å². The largest absolute Gasteiger partial charge is 0.342 e. The summed E-state index contributed by atoms with van der Waals surface area (Å²) in [6.07, 6.45) is 1.74. The fourth-order valence-electron chi connectivity index (χ4n) is 2.43. The van der Waals surface area contributed by atoms with Gasteiger partial charge in [-0.25, -0.2) is 0 Å². The molecule has 2 rings (SSSR count). The molecule has 1 aromatic carbocycles. The first-order valence-electron chi connectivity index (χ1n) is 6.70. The van der Waals surface area contributed by atoms with Crippen LogP contribution in [0, 0.1) is 12.8 Å². The SMILES string of the molecule is CC(=O)N1CCCC(C(=O)Nc2ccccc2C)C1. The van der Waals surface area contributed by atoms with Gasteiger partial charge in [0.05, 0.1) is 5.92 Å². The van der Waals surface area contributed by atoms with Gasteiger partial charge in [-0.05, 0) is 31.4 Å². The van der Waals surface area contributed by atoms with Gasteiger partial charge in [-0.15, -0.1) is 0 Å². The fourth-order valence-corrected chi connectivity index (χ4v) is 2.43. The predicted molar refractivity (Wildman–Crippen MR) is 74.8 cm³/mol. The van der Waals surface area contributed by atoms with Gasteiger partial charge in [-0.2, -0.15) is 0 Å². The number of amides is 2. The zero-order valence-electron chi connectivity index (χ0n) is 11.5. The highest BCUT2D eigenvalue weighted by atomic mass is 16.2. The van der Waals surface area contributed by atoms with Gasteiger partial charge in [0.25, 0.3) is 0 Å². The summed E-state index contributed by atoms with van der Waals surface area (Å²) in [7, 11) is 0. The van der Waals surface area contributed by atoms with Gasteiger partial charge >= 0.3 is 0 Å². The van der Waals surface area contributed by atoms with E-state index in [0.29, 0.717) is 6.54 Å². The zero-order valence-corrected chi connectivity index (χ0v) is 11.5. The van der Waals surface area contributed by atoms with Crippen molar-refractivity contribution in [3.63, 3.8) is 0 Å². The molecule has 0 saturated carbocycles. The van der Waals surface area contributed by atoms with Crippen LogP contribution in [0.4, 0.5) is 5.69 Å². The van der Waals surface area contributed by atoms with Gasteiger partial charge in [0.15, 0.2) is 0 Å². The van der Waals surface area contributed by atoms with Crippen molar-refractivity contribution < 1.29 is 9.59 Å². The second-order valence-corrected chi connectivity index (χ2v) is 5.11. The molecule has 102 valence electrons. The van der Waals surface area contributed by atoms with Crippen LogP contribution in [0.5, 0.6) is 0 Å². The molecule has 1 unspecified atom stereocenters. The van der Waals surface area contributed by atoms with E-state index in [9.17, 15) is 9.59 Å². The Morgan fingerprint density at radius 3 is 2.74 bits per heavy atom. The molecule has 1 N–H and O–H groups in total. The third kappa shape index (κ3) is 3.34. The number of hydrogen-bond acceptors (Lipinski definition) is 2. The topological polar surface area (TPSA) is 49.4 Å². The Hall–Kier alpha value is -1.84. The fraction of sp³-hybridized carbons (Fsp3) is 0.467. The lowest BCUT2D eigenvalue weighted by molar-refractivity contribution is -0.132. The number of nitrogens with zero attached hydrogens (tertiary/aromatic N) is 1. The Bertz CT molecular complexity index is 485. The highest BCUT2D eigenvalue weighted by molar-refractivity contribution is 5.93. The van der Waals surface area contributed by atoms with Crippen molar-refractivity contribution in [3.05, 3.63) is 29.8 Å². The van der Waals surface area contributed by atoms with Crippen LogP contribution in [0.15, 0.2) is 24.3 Å². The summed E-state index contributed by atoms with van der Waals surface area (Å²) < 4.78 is 0. The number of para-hydroxylation sites is 1. The van der Waals surface area contributed by atoms with Crippen molar-refractivity contribution in [1.29, 1.82) is 0 Å². The minimum Gasteiger partial charge on any atom is -0.342 e. The van der Waals surface area contributed by atoms with Gasteiger partial charge < -0.3 is 10.2 Å². The molecular formula is C15H20N2O2. The molecule has 0 aromatic heterocycles. The molecule has 1 fully saturated rings. The van der Waals surface area contributed by atoms with Crippen LogP contribution in [-0.4, -0.2) is 29.8 Å². The van der Waals surface area contributed by atoms with Crippen molar-refractivity contribution >= 4 is 17.5 Å². The number of carbonyl (C=O) groups excluding carboxylic acids is 2. The van der Waals surface area contributed by atoms with Gasteiger partial charge in [0.1, 0.15) is 0 Å². The highest BCUT2D eigenvalue weighted by Gasteiger charge is 2.27. The third-order valence-corrected chi connectivity index (χ3v) is 3.64. The lowest BCUT2D eigenvalue weighted by atomic mass is 9.97. The van der Waals surface area contributed by atoms with Gasteiger partial charge in [0.2, 0.25) is 11.8 Å². The maximum Gasteiger partial charge on any atom is 0.229 e. The molecule has 1 saturated heterocycles. The van der Waals surface area contributed by atoms with E-state index >= 15 is 0 Å². The first-order chi connectivity index (χ1) is 9.08. The van der Waals surface area contributed by atoms with Crippen molar-refractivity contribution in [2.45, 2.75) is 26.7 Å². The normalized spacial score (nSPS) is 19.1. The Balaban J connectivity index is 2.00. The number of rotatable bonds is 2. The molecule has 0 bridgehead atoms. The molecule has 1 aromatic rings. The van der Waals surface area contributed by atoms with Crippen LogP contribution in [0.25, 0.3) is 0 Å². The number of hydrogen-bond donors (Lipinski definition) is 1. The monoisotopic (exact) mass is 260 g/mol. The smallest absolute Gasteiger partial charge is 0.229 e. The van der Waals surface area contributed by atoms with E-state index in [0.717, 1.165) is 30.6 Å². The van der Waals surface area contributed by atoms with Gasteiger partial charge in [-0.3, -0.25) is 9.59 Å². The van der Waals surface area contributed by atoms with E-state index in [-0.39, 0.29) is 17.7 Å². The standard InChI is InChI=1S/C15H20N2O2/c1-11-6-3-4-8-14(11)16-15(19)13-7-5-9-17(10-13)12(2)18/h3-4,6,8,13H,5,7,9-10H2,1-2H3,(H,16,19). The Morgan fingerprint density at radius 1 is 1.32 bits per heavy atom. The number of aryl methyl sites for hydroxylation is 1. The van der Waals surface area contributed by atoms with Crippen molar-refractivity contribution in [1.82, 2.24) is 4.90 Å². The molecule has 1 aliphatic heterocycles. The van der Waals surface area contributed by atoms with Crippen molar-refractivity contribution in [3.8, 4) is 0 Å². The first-order valence-corrected chi connectivity index (χ1v) is 6.70. The second kappa shape index (κ2) is 5.87. The lowest BCUT2D eigenvalue weighted by Crippen LogP contribution is -2.42. The quantitative estimate of drug-likeness (QED) is 0.886. The minimum absolute atomic E-state index is 0.0141. The van der Waals surface area contributed by atoms with Crippen LogP contribution in [0.2, 0.25) is 0 Å². The molecule has 1 heterocycles. The number of carbonyl (C=O) groups is 2. The van der Waals surface area contributed by atoms with Crippen LogP contribution in [0.1, 0.15) is 25.3 Å². The van der Waals surface area contributed by atoms with E-state index in [4.69, 9.17) is 0 Å². The van der Waals surface area contributed by atoms with E-state index < -0.39 is 0 Å². The summed E-state index contributed by atoms with van der Waals surface area (Å²) in [5, 5.41) is 2.96. The average molecular weight is 260 g/mol. The summed E-state index contributed by atoms with van der Waals surface area (Å²) in [6, 6.07) is 7.73. The third-order valence-electron chi connectivity index (χ3n) is 3.64. The number of piperidine rings is 1. The van der Waals surface area contributed by atoms with Crippen LogP contribution in [-0.2, 0) is 9.59 Å². The first kappa shape index (κ1) is 13.6. The minimum atomic E-state index is -0.0998. The van der Waals surface area contributed by atoms with E-state index in [1.807, 2.05) is 31.2 Å². The summed E-state index contributed by atoms with van der Waals surface area (Å²) in [5.74, 6) is -0.0362. The number of anilines is 1. The highest BCUT2D eigenvalue weighted by Crippen LogP contribution is 2.20. The number of benzene rings is 1. The maximum atomic E-state index is 12.2. The molecule has 1 atom stereocenters. The van der Waals surface area contributed by atoms with Crippen molar-refractivity contribution in [2.75, 3.05) is 18.4 Å². The molecular weight excluding hydrogens is 240 g/mol. The number of likely N-dealkylation sites (tertiary alicyclic amines) is 1. The summed E-state index contributed by atoms with van der Waals surface area (Å²) >= 11 is 0. The van der Waals surface area contributed by atoms with E-state index in [1.165, 1.54) is 0 Å². The zero-order chi connectivity index (χ0) is 13.8. The average Bonchev–Trinajstić information content (AvgIpc) is 2.41. The van der Waals surface area contributed by atoms with Gasteiger partial charge in [-0.1, -0.05) is 18.2 Å². The summed E-state index contributed by atoms with van der Waals surface area (Å²) in [5.41, 5.74) is 1.91.